The minimum Gasteiger partial charge on any atom is -0.356 e. The lowest BCUT2D eigenvalue weighted by Gasteiger charge is -1.97. The van der Waals surface area contributed by atoms with Crippen molar-refractivity contribution in [2.24, 2.45) is 0 Å². The van der Waals surface area contributed by atoms with Gasteiger partial charge < -0.3 is 5.32 Å². The molecule has 1 heterocycles. The molecule has 0 aromatic carbocycles. The monoisotopic (exact) mass is 224 g/mol. The molecule has 4 heteroatoms. The van der Waals surface area contributed by atoms with E-state index < -0.39 is 0 Å². The molecule has 0 saturated carbocycles. The van der Waals surface area contributed by atoms with Gasteiger partial charge >= 0.3 is 0 Å². The summed E-state index contributed by atoms with van der Waals surface area (Å²) in [7, 11) is 0. The number of pyridine rings is 1. The Morgan fingerprint density at radius 3 is 3.13 bits per heavy atom. The van der Waals surface area contributed by atoms with Crippen molar-refractivity contribution < 1.29 is 4.79 Å². The Balaban J connectivity index is 2.35. The van der Waals surface area contributed by atoms with E-state index in [1.165, 1.54) is 6.92 Å². The number of aromatic nitrogens is 1. The van der Waals surface area contributed by atoms with E-state index in [1.807, 2.05) is 12.2 Å². The minimum atomic E-state index is -0.00993. The van der Waals surface area contributed by atoms with Crippen LogP contribution in [0, 0.1) is 0 Å². The maximum absolute atomic E-state index is 10.6. The van der Waals surface area contributed by atoms with E-state index in [0.29, 0.717) is 11.6 Å². The average Bonchev–Trinajstić information content (AvgIpc) is 2.17. The van der Waals surface area contributed by atoms with Gasteiger partial charge in [0.1, 0.15) is 0 Å². The van der Waals surface area contributed by atoms with Gasteiger partial charge in [-0.15, -0.1) is 0 Å². The number of halogens is 1. The molecule has 1 N–H and O–H groups in total. The third-order valence-corrected chi connectivity index (χ3v) is 1.95. The Morgan fingerprint density at radius 1 is 1.67 bits per heavy atom. The molecular weight excluding hydrogens is 212 g/mol. The zero-order valence-electron chi connectivity index (χ0n) is 8.53. The first kappa shape index (κ1) is 11.7. The lowest BCUT2D eigenvalue weighted by Crippen LogP contribution is -2.20. The van der Waals surface area contributed by atoms with Crippen molar-refractivity contribution in [3.63, 3.8) is 0 Å². The van der Waals surface area contributed by atoms with Crippen molar-refractivity contribution in [2.45, 2.75) is 13.3 Å². The first-order chi connectivity index (χ1) is 7.18. The third-order valence-electron chi connectivity index (χ3n) is 1.72. The molecular formula is C11H13ClN2O. The van der Waals surface area contributed by atoms with Gasteiger partial charge in [-0.1, -0.05) is 17.7 Å². The van der Waals surface area contributed by atoms with Crippen molar-refractivity contribution >= 4 is 23.6 Å². The second kappa shape index (κ2) is 6.19. The van der Waals surface area contributed by atoms with Crippen molar-refractivity contribution in [1.29, 1.82) is 0 Å². The van der Waals surface area contributed by atoms with E-state index in [-0.39, 0.29) is 5.91 Å². The summed E-state index contributed by atoms with van der Waals surface area (Å²) in [4.78, 5) is 14.7. The maximum Gasteiger partial charge on any atom is 0.216 e. The summed E-state index contributed by atoms with van der Waals surface area (Å²) in [5.41, 5.74) is 0.824. The topological polar surface area (TPSA) is 42.0 Å². The molecule has 1 aromatic heterocycles. The van der Waals surface area contributed by atoms with Crippen LogP contribution in [0.5, 0.6) is 0 Å². The van der Waals surface area contributed by atoms with Crippen LogP contribution in [0.4, 0.5) is 0 Å². The molecule has 0 atom stereocenters. The van der Waals surface area contributed by atoms with Gasteiger partial charge in [-0.25, -0.2) is 0 Å². The van der Waals surface area contributed by atoms with Gasteiger partial charge in [-0.05, 0) is 24.6 Å². The highest BCUT2D eigenvalue weighted by atomic mass is 35.5. The van der Waals surface area contributed by atoms with Gasteiger partial charge in [-0.2, -0.15) is 0 Å². The summed E-state index contributed by atoms with van der Waals surface area (Å²) in [6.07, 6.45) is 6.28. The smallest absolute Gasteiger partial charge is 0.216 e. The number of hydrogen-bond donors (Lipinski definition) is 1. The number of amides is 1. The fraction of sp³-hybridized carbons (Fsp3) is 0.273. The van der Waals surface area contributed by atoms with Gasteiger partial charge in [0, 0.05) is 24.7 Å². The normalized spacial score (nSPS) is 10.5. The van der Waals surface area contributed by atoms with Crippen LogP contribution in [0.25, 0.3) is 6.08 Å². The predicted octanol–water partition coefficient (Wildman–Crippen LogP) is 2.27. The number of rotatable bonds is 4. The Labute approximate surface area is 94.2 Å². The number of nitrogens with zero attached hydrogens (tertiary/aromatic N) is 1. The average molecular weight is 225 g/mol. The fourth-order valence-corrected chi connectivity index (χ4v) is 1.22. The lowest BCUT2D eigenvalue weighted by molar-refractivity contribution is -0.118. The standard InChI is InChI=1S/C11H13ClN2O/c1-9(15)13-6-3-2-4-11-8-10(12)5-7-14-11/h2,4-5,7-8H,3,6H2,1H3,(H,13,15). The maximum atomic E-state index is 10.6. The van der Waals surface area contributed by atoms with E-state index in [9.17, 15) is 4.79 Å². The number of nitrogens with one attached hydrogen (secondary N) is 1. The first-order valence-corrected chi connectivity index (χ1v) is 5.09. The van der Waals surface area contributed by atoms with Crippen molar-refractivity contribution in [2.75, 3.05) is 6.54 Å². The summed E-state index contributed by atoms with van der Waals surface area (Å²) in [5, 5.41) is 3.38. The van der Waals surface area contributed by atoms with Crippen molar-refractivity contribution in [3.8, 4) is 0 Å². The summed E-state index contributed by atoms with van der Waals surface area (Å²) in [5.74, 6) is -0.00993. The molecule has 0 spiro atoms. The van der Waals surface area contributed by atoms with Crippen LogP contribution in [-0.2, 0) is 4.79 Å². The molecule has 1 aromatic rings. The van der Waals surface area contributed by atoms with Gasteiger partial charge in [-0.3, -0.25) is 9.78 Å². The number of carbonyl (C=O) groups is 1. The summed E-state index contributed by atoms with van der Waals surface area (Å²) < 4.78 is 0. The van der Waals surface area contributed by atoms with Gasteiger partial charge in [0.05, 0.1) is 5.69 Å². The molecule has 0 aliphatic heterocycles. The van der Waals surface area contributed by atoms with Crippen LogP contribution in [0.2, 0.25) is 5.02 Å². The molecule has 0 radical (unpaired) electrons. The Kier molecular flexibility index (Phi) is 4.84. The van der Waals surface area contributed by atoms with Crippen LogP contribution in [0.15, 0.2) is 24.4 Å². The molecule has 3 nitrogen and oxygen atoms in total. The van der Waals surface area contributed by atoms with Crippen molar-refractivity contribution in [1.82, 2.24) is 10.3 Å². The van der Waals surface area contributed by atoms with E-state index in [0.717, 1.165) is 12.1 Å². The van der Waals surface area contributed by atoms with Gasteiger partial charge in [0.15, 0.2) is 0 Å². The molecule has 0 fully saturated rings. The number of carbonyl (C=O) groups excluding carboxylic acids is 1. The first-order valence-electron chi connectivity index (χ1n) is 4.71. The summed E-state index contributed by atoms with van der Waals surface area (Å²) in [6, 6.07) is 3.52. The minimum absolute atomic E-state index is 0.00993. The highest BCUT2D eigenvalue weighted by Gasteiger charge is 1.90. The molecule has 1 amide bonds. The molecule has 0 unspecified atom stereocenters. The molecule has 80 valence electrons. The van der Waals surface area contributed by atoms with E-state index >= 15 is 0 Å². The zero-order valence-corrected chi connectivity index (χ0v) is 9.29. The lowest BCUT2D eigenvalue weighted by atomic mass is 10.3. The van der Waals surface area contributed by atoms with Gasteiger partial charge in [0.25, 0.3) is 0 Å². The van der Waals surface area contributed by atoms with E-state index in [1.54, 1.807) is 18.3 Å². The van der Waals surface area contributed by atoms with Crippen LogP contribution >= 0.6 is 11.6 Å². The molecule has 15 heavy (non-hydrogen) atoms. The van der Waals surface area contributed by atoms with Crippen LogP contribution in [-0.4, -0.2) is 17.4 Å². The highest BCUT2D eigenvalue weighted by Crippen LogP contribution is 2.09. The Bertz CT molecular complexity index is 363. The van der Waals surface area contributed by atoms with Crippen LogP contribution in [0.1, 0.15) is 19.0 Å². The molecule has 0 aliphatic rings. The zero-order chi connectivity index (χ0) is 11.1. The second-order valence-electron chi connectivity index (χ2n) is 3.07. The molecule has 1 rings (SSSR count). The van der Waals surface area contributed by atoms with Crippen molar-refractivity contribution in [3.05, 3.63) is 35.1 Å². The SMILES string of the molecule is CC(=O)NCCC=Cc1cc(Cl)ccn1. The number of hydrogen-bond acceptors (Lipinski definition) is 2. The Morgan fingerprint density at radius 2 is 2.47 bits per heavy atom. The Hall–Kier alpha value is -1.35. The van der Waals surface area contributed by atoms with E-state index in [4.69, 9.17) is 11.6 Å². The van der Waals surface area contributed by atoms with E-state index in [2.05, 4.69) is 10.3 Å². The molecule has 0 bridgehead atoms. The molecule has 0 aliphatic carbocycles. The fourth-order valence-electron chi connectivity index (χ4n) is 1.05. The summed E-state index contributed by atoms with van der Waals surface area (Å²) in [6.45, 7) is 2.15. The van der Waals surface area contributed by atoms with Crippen LogP contribution in [0.3, 0.4) is 0 Å². The van der Waals surface area contributed by atoms with Gasteiger partial charge in [0.2, 0.25) is 5.91 Å². The summed E-state index contributed by atoms with van der Waals surface area (Å²) >= 11 is 5.80. The quantitative estimate of drug-likeness (QED) is 0.798. The largest absolute Gasteiger partial charge is 0.356 e. The predicted molar refractivity (Wildman–Crippen MR) is 61.6 cm³/mol. The highest BCUT2D eigenvalue weighted by molar-refractivity contribution is 6.30. The molecule has 0 saturated heterocycles. The van der Waals surface area contributed by atoms with Crippen LogP contribution < -0.4 is 5.32 Å². The second-order valence-corrected chi connectivity index (χ2v) is 3.51. The third kappa shape index (κ3) is 5.18.